The van der Waals surface area contributed by atoms with Gasteiger partial charge in [-0.2, -0.15) is 0 Å². The van der Waals surface area contributed by atoms with E-state index in [-0.39, 0.29) is 31.3 Å². The summed E-state index contributed by atoms with van der Waals surface area (Å²) in [5.41, 5.74) is -0.520. The number of rotatable bonds is 5. The SMILES string of the molecule is CC(C)(C)OC(=O)CCC(=O)NCc1ccno1. The minimum Gasteiger partial charge on any atom is -0.460 e. The molecule has 1 N–H and O–H groups in total. The van der Waals surface area contributed by atoms with Crippen molar-refractivity contribution in [2.45, 2.75) is 45.8 Å². The number of hydrogen-bond donors (Lipinski definition) is 1. The molecule has 18 heavy (non-hydrogen) atoms. The molecule has 0 saturated heterocycles. The van der Waals surface area contributed by atoms with E-state index in [4.69, 9.17) is 9.26 Å². The number of nitrogens with zero attached hydrogens (tertiary/aromatic N) is 1. The summed E-state index contributed by atoms with van der Waals surface area (Å²) in [6.07, 6.45) is 1.67. The number of hydrogen-bond acceptors (Lipinski definition) is 5. The molecular formula is C12H18N2O4. The largest absolute Gasteiger partial charge is 0.460 e. The average Bonchev–Trinajstić information content (AvgIpc) is 2.74. The Morgan fingerprint density at radius 3 is 2.67 bits per heavy atom. The quantitative estimate of drug-likeness (QED) is 0.803. The first-order valence-electron chi connectivity index (χ1n) is 5.75. The van der Waals surface area contributed by atoms with Gasteiger partial charge >= 0.3 is 5.97 Å². The van der Waals surface area contributed by atoms with Crippen molar-refractivity contribution < 1.29 is 18.8 Å². The maximum atomic E-state index is 11.4. The zero-order valence-corrected chi connectivity index (χ0v) is 10.9. The molecular weight excluding hydrogens is 236 g/mol. The minimum absolute atomic E-state index is 0.0690. The maximum absolute atomic E-state index is 11.4. The van der Waals surface area contributed by atoms with E-state index in [0.29, 0.717) is 5.76 Å². The summed E-state index contributed by atoms with van der Waals surface area (Å²) in [7, 11) is 0. The number of esters is 1. The van der Waals surface area contributed by atoms with Crippen LogP contribution in [0.4, 0.5) is 0 Å². The first kappa shape index (κ1) is 14.2. The van der Waals surface area contributed by atoms with E-state index in [1.807, 2.05) is 0 Å². The van der Waals surface area contributed by atoms with Gasteiger partial charge < -0.3 is 14.6 Å². The van der Waals surface area contributed by atoms with Crippen LogP contribution in [-0.2, 0) is 20.9 Å². The van der Waals surface area contributed by atoms with Crippen LogP contribution in [0.15, 0.2) is 16.8 Å². The topological polar surface area (TPSA) is 81.4 Å². The molecule has 0 spiro atoms. The number of amides is 1. The van der Waals surface area contributed by atoms with Gasteiger partial charge in [0.05, 0.1) is 19.2 Å². The first-order valence-corrected chi connectivity index (χ1v) is 5.75. The van der Waals surface area contributed by atoms with Crippen LogP contribution in [0, 0.1) is 0 Å². The van der Waals surface area contributed by atoms with Crippen molar-refractivity contribution in [1.29, 1.82) is 0 Å². The molecule has 0 aliphatic heterocycles. The number of nitrogens with one attached hydrogen (secondary N) is 1. The van der Waals surface area contributed by atoms with Crippen LogP contribution in [0.1, 0.15) is 39.4 Å². The summed E-state index contributed by atoms with van der Waals surface area (Å²) in [5.74, 6) is -0.0322. The average molecular weight is 254 g/mol. The molecule has 6 nitrogen and oxygen atoms in total. The van der Waals surface area contributed by atoms with E-state index in [2.05, 4.69) is 10.5 Å². The molecule has 100 valence electrons. The Balaban J connectivity index is 2.19. The molecule has 1 aromatic rings. The van der Waals surface area contributed by atoms with E-state index < -0.39 is 5.60 Å². The molecule has 6 heteroatoms. The van der Waals surface area contributed by atoms with Crippen LogP contribution in [-0.4, -0.2) is 22.6 Å². The predicted octanol–water partition coefficient (Wildman–Crippen LogP) is 1.41. The third-order valence-electron chi connectivity index (χ3n) is 1.93. The fourth-order valence-corrected chi connectivity index (χ4v) is 1.22. The van der Waals surface area contributed by atoms with Crippen LogP contribution in [0.3, 0.4) is 0 Å². The van der Waals surface area contributed by atoms with Crippen molar-refractivity contribution in [3.8, 4) is 0 Å². The van der Waals surface area contributed by atoms with Crippen molar-refractivity contribution in [2.75, 3.05) is 0 Å². The monoisotopic (exact) mass is 254 g/mol. The van der Waals surface area contributed by atoms with E-state index >= 15 is 0 Å². The van der Waals surface area contributed by atoms with Crippen LogP contribution in [0.2, 0.25) is 0 Å². The van der Waals surface area contributed by atoms with Crippen LogP contribution >= 0.6 is 0 Å². The van der Waals surface area contributed by atoms with Gasteiger partial charge in [0.15, 0.2) is 5.76 Å². The molecule has 0 unspecified atom stereocenters. The van der Waals surface area contributed by atoms with Gasteiger partial charge in [-0.15, -0.1) is 0 Å². The third kappa shape index (κ3) is 6.03. The van der Waals surface area contributed by atoms with Gasteiger partial charge in [-0.1, -0.05) is 5.16 Å². The first-order chi connectivity index (χ1) is 8.37. The van der Waals surface area contributed by atoms with Crippen molar-refractivity contribution >= 4 is 11.9 Å². The molecule has 0 atom stereocenters. The Morgan fingerprint density at radius 1 is 1.39 bits per heavy atom. The lowest BCUT2D eigenvalue weighted by atomic mass is 10.2. The Morgan fingerprint density at radius 2 is 2.11 bits per heavy atom. The molecule has 0 radical (unpaired) electrons. The Hall–Kier alpha value is -1.85. The highest BCUT2D eigenvalue weighted by Crippen LogP contribution is 2.09. The Bertz CT molecular complexity index is 393. The Kier molecular flexibility index (Phi) is 4.88. The van der Waals surface area contributed by atoms with E-state index in [1.54, 1.807) is 26.8 Å². The maximum Gasteiger partial charge on any atom is 0.306 e. The van der Waals surface area contributed by atoms with Crippen molar-refractivity contribution in [3.05, 3.63) is 18.0 Å². The van der Waals surface area contributed by atoms with Gasteiger partial charge in [-0.3, -0.25) is 9.59 Å². The lowest BCUT2D eigenvalue weighted by molar-refractivity contribution is -0.155. The highest BCUT2D eigenvalue weighted by atomic mass is 16.6. The summed E-state index contributed by atoms with van der Waals surface area (Å²) >= 11 is 0. The normalized spacial score (nSPS) is 11.1. The number of aromatic nitrogens is 1. The second-order valence-corrected chi connectivity index (χ2v) is 4.84. The van der Waals surface area contributed by atoms with E-state index in [9.17, 15) is 9.59 Å². The van der Waals surface area contributed by atoms with Crippen molar-refractivity contribution in [2.24, 2.45) is 0 Å². The summed E-state index contributed by atoms with van der Waals surface area (Å²) < 4.78 is 9.91. The highest BCUT2D eigenvalue weighted by molar-refractivity contribution is 5.81. The zero-order valence-electron chi connectivity index (χ0n) is 10.9. The van der Waals surface area contributed by atoms with E-state index in [1.165, 1.54) is 6.20 Å². The summed E-state index contributed by atoms with van der Waals surface area (Å²) in [4.78, 5) is 22.8. The molecule has 1 amide bonds. The highest BCUT2D eigenvalue weighted by Gasteiger charge is 2.17. The van der Waals surface area contributed by atoms with Gasteiger partial charge in [0.1, 0.15) is 5.60 Å². The van der Waals surface area contributed by atoms with Gasteiger partial charge in [0, 0.05) is 12.5 Å². The number of ether oxygens (including phenoxy) is 1. The lowest BCUT2D eigenvalue weighted by Gasteiger charge is -2.19. The third-order valence-corrected chi connectivity index (χ3v) is 1.93. The van der Waals surface area contributed by atoms with Gasteiger partial charge in [-0.05, 0) is 20.8 Å². The van der Waals surface area contributed by atoms with Crippen LogP contribution in [0.25, 0.3) is 0 Å². The fraction of sp³-hybridized carbons (Fsp3) is 0.583. The molecule has 0 bridgehead atoms. The van der Waals surface area contributed by atoms with Gasteiger partial charge in [0.25, 0.3) is 0 Å². The van der Waals surface area contributed by atoms with E-state index in [0.717, 1.165) is 0 Å². The molecule has 0 aliphatic carbocycles. The van der Waals surface area contributed by atoms with Crippen LogP contribution in [0.5, 0.6) is 0 Å². The lowest BCUT2D eigenvalue weighted by Crippen LogP contribution is -2.26. The number of carbonyl (C=O) groups is 2. The zero-order chi connectivity index (χ0) is 13.6. The smallest absolute Gasteiger partial charge is 0.306 e. The minimum atomic E-state index is -0.520. The molecule has 1 rings (SSSR count). The predicted molar refractivity (Wildman–Crippen MR) is 63.4 cm³/mol. The molecule has 1 heterocycles. The number of carbonyl (C=O) groups excluding carboxylic acids is 2. The van der Waals surface area contributed by atoms with Gasteiger partial charge in [-0.25, -0.2) is 0 Å². The second-order valence-electron chi connectivity index (χ2n) is 4.84. The van der Waals surface area contributed by atoms with Crippen LogP contribution < -0.4 is 5.32 Å². The molecule has 0 saturated carbocycles. The molecule has 0 aromatic carbocycles. The molecule has 1 aromatic heterocycles. The summed E-state index contributed by atoms with van der Waals surface area (Å²) in [6, 6.07) is 1.66. The van der Waals surface area contributed by atoms with Gasteiger partial charge in [0.2, 0.25) is 5.91 Å². The second kappa shape index (κ2) is 6.18. The summed E-state index contributed by atoms with van der Waals surface area (Å²) in [6.45, 7) is 5.63. The standard InChI is InChI=1S/C12H18N2O4/c1-12(2,3)17-11(16)5-4-10(15)13-8-9-6-7-14-18-9/h6-7H,4-5,8H2,1-3H3,(H,13,15). The Labute approximate surface area is 106 Å². The van der Waals surface area contributed by atoms with Crippen molar-refractivity contribution in [3.63, 3.8) is 0 Å². The summed E-state index contributed by atoms with van der Waals surface area (Å²) in [5, 5.41) is 6.14. The molecule has 0 fully saturated rings. The van der Waals surface area contributed by atoms with Crippen molar-refractivity contribution in [1.82, 2.24) is 10.5 Å². The fourth-order valence-electron chi connectivity index (χ4n) is 1.22. The molecule has 0 aliphatic rings.